The highest BCUT2D eigenvalue weighted by Gasteiger charge is 2.29. The molecule has 4 rings (SSSR count). The summed E-state index contributed by atoms with van der Waals surface area (Å²) in [6.45, 7) is 0. The van der Waals surface area contributed by atoms with Gasteiger partial charge in [0.05, 0.1) is 37.7 Å². The number of benzene rings is 4. The van der Waals surface area contributed by atoms with Crippen molar-refractivity contribution in [2.75, 3.05) is 21.3 Å². The highest BCUT2D eigenvalue weighted by Crippen LogP contribution is 2.52. The topological polar surface area (TPSA) is 76.1 Å². The number of aromatic hydroxyl groups is 1. The van der Waals surface area contributed by atoms with Crippen molar-refractivity contribution >= 4 is 39.4 Å². The minimum atomic E-state index is -0.201. The van der Waals surface area contributed by atoms with Gasteiger partial charge in [0.2, 0.25) is 11.1 Å². The first-order valence-electron chi connectivity index (χ1n) is 9.63. The molecule has 154 valence electrons. The Balaban J connectivity index is 2.13. The molecule has 0 saturated heterocycles. The molecule has 4 aromatic rings. The van der Waals surface area contributed by atoms with Crippen molar-refractivity contribution in [3.8, 4) is 23.0 Å². The van der Waals surface area contributed by atoms with Crippen molar-refractivity contribution in [3.05, 3.63) is 70.7 Å². The average molecular weight is 413 g/mol. The molecule has 0 aliphatic carbocycles. The fourth-order valence-corrected chi connectivity index (χ4v) is 3.89. The van der Waals surface area contributed by atoms with Gasteiger partial charge in [-0.25, -0.2) is 0 Å². The van der Waals surface area contributed by atoms with E-state index in [2.05, 4.69) is 4.98 Å². The summed E-state index contributed by atoms with van der Waals surface area (Å²) >= 11 is 0. The van der Waals surface area contributed by atoms with Crippen LogP contribution in [0.4, 0.5) is 5.69 Å². The highest BCUT2D eigenvalue weighted by atomic mass is 16.5. The number of rotatable bonds is 5. The summed E-state index contributed by atoms with van der Waals surface area (Å²) in [5.74, 6) is 1.38. The lowest BCUT2D eigenvalue weighted by atomic mass is 9.96. The van der Waals surface area contributed by atoms with Crippen LogP contribution in [-0.2, 0) is 0 Å². The van der Waals surface area contributed by atoms with Gasteiger partial charge >= 0.3 is 5.69 Å². The van der Waals surface area contributed by atoms with Crippen LogP contribution in [0.3, 0.4) is 0 Å². The van der Waals surface area contributed by atoms with Gasteiger partial charge in [-0.2, -0.15) is 0 Å². The highest BCUT2D eigenvalue weighted by molar-refractivity contribution is 6.17. The fraction of sp³-hybridized carbons (Fsp3) is 0.120. The summed E-state index contributed by atoms with van der Waals surface area (Å²) in [6.07, 6.45) is 3.66. The molecule has 0 fully saturated rings. The first-order chi connectivity index (χ1) is 15.1. The van der Waals surface area contributed by atoms with Crippen LogP contribution in [0, 0.1) is 5.39 Å². The van der Waals surface area contributed by atoms with E-state index in [-0.39, 0.29) is 11.4 Å². The van der Waals surface area contributed by atoms with Crippen molar-refractivity contribution in [2.24, 2.45) is 0 Å². The maximum atomic E-state index is 11.1. The summed E-state index contributed by atoms with van der Waals surface area (Å²) in [5, 5.41) is 23.2. The van der Waals surface area contributed by atoms with Gasteiger partial charge in [0, 0.05) is 10.8 Å². The van der Waals surface area contributed by atoms with E-state index in [4.69, 9.17) is 14.2 Å². The number of hydrogen-bond acceptors (Lipinski definition) is 5. The number of methoxy groups -OCH3 is 3. The Bertz CT molecular complexity index is 1360. The van der Waals surface area contributed by atoms with Crippen molar-refractivity contribution in [1.29, 1.82) is 5.39 Å². The van der Waals surface area contributed by atoms with Gasteiger partial charge < -0.3 is 19.3 Å². The van der Waals surface area contributed by atoms with Gasteiger partial charge in [-0.1, -0.05) is 48.5 Å². The maximum Gasteiger partial charge on any atom is 0.433 e. The molecular weight excluding hydrogens is 392 g/mol. The zero-order valence-corrected chi connectivity index (χ0v) is 17.4. The van der Waals surface area contributed by atoms with Gasteiger partial charge in [-0.05, 0) is 23.8 Å². The molecule has 0 aliphatic heterocycles. The Kier molecular flexibility index (Phi) is 5.33. The quantitative estimate of drug-likeness (QED) is 0.233. The third-order valence-electron chi connectivity index (χ3n) is 5.26. The van der Waals surface area contributed by atoms with E-state index < -0.39 is 0 Å². The van der Waals surface area contributed by atoms with E-state index >= 15 is 0 Å². The Morgan fingerprint density at radius 2 is 1.52 bits per heavy atom. The Morgan fingerprint density at radius 1 is 0.806 bits per heavy atom. The number of hydrogen-bond donors (Lipinski definition) is 1. The Morgan fingerprint density at radius 3 is 2.16 bits per heavy atom. The summed E-state index contributed by atoms with van der Waals surface area (Å²) in [6, 6.07) is 17.0. The number of nitrogens with zero attached hydrogens (tertiary/aromatic N) is 2. The lowest BCUT2D eigenvalue weighted by Gasteiger charge is -2.17. The first kappa shape index (κ1) is 20.0. The standard InChI is InChI=1S/C25H20N2O4/c1-29-19-11-7-10-17-20(19)25(31-3)18-14-16(13-12-15-8-5-4-6-9-15)22(27-26)23(28)21(18)24(17)30-2/h4-14H,1-3H3/p+1/b13-12+. The molecule has 6 heteroatoms. The summed E-state index contributed by atoms with van der Waals surface area (Å²) < 4.78 is 17.0. The van der Waals surface area contributed by atoms with Crippen LogP contribution < -0.4 is 14.2 Å². The molecule has 0 heterocycles. The minimum absolute atomic E-state index is 0.0438. The third-order valence-corrected chi connectivity index (χ3v) is 5.26. The molecule has 1 N–H and O–H groups in total. The largest absolute Gasteiger partial charge is 0.501 e. The van der Waals surface area contributed by atoms with E-state index in [1.165, 1.54) is 7.11 Å². The van der Waals surface area contributed by atoms with E-state index in [0.29, 0.717) is 39.0 Å². The average Bonchev–Trinajstić information content (AvgIpc) is 2.81. The first-order valence-corrected chi connectivity index (χ1v) is 9.63. The Labute approximate surface area is 179 Å². The van der Waals surface area contributed by atoms with Gasteiger partial charge in [0.1, 0.15) is 17.2 Å². The fourth-order valence-electron chi connectivity index (χ4n) is 3.89. The molecule has 31 heavy (non-hydrogen) atoms. The van der Waals surface area contributed by atoms with Crippen molar-refractivity contribution < 1.29 is 19.3 Å². The van der Waals surface area contributed by atoms with E-state index in [1.54, 1.807) is 26.4 Å². The zero-order chi connectivity index (χ0) is 22.0. The van der Waals surface area contributed by atoms with Crippen LogP contribution in [0.2, 0.25) is 0 Å². The number of fused-ring (bicyclic) bond motifs is 2. The normalized spacial score (nSPS) is 11.0. The van der Waals surface area contributed by atoms with E-state index in [9.17, 15) is 10.5 Å². The van der Waals surface area contributed by atoms with Crippen molar-refractivity contribution in [2.45, 2.75) is 0 Å². The molecule has 0 spiro atoms. The third kappa shape index (κ3) is 3.26. The molecule has 0 aliphatic rings. The zero-order valence-electron chi connectivity index (χ0n) is 17.4. The van der Waals surface area contributed by atoms with Crippen LogP contribution in [0.15, 0.2) is 54.6 Å². The lowest BCUT2D eigenvalue weighted by Crippen LogP contribution is -1.96. The molecule has 0 atom stereocenters. The van der Waals surface area contributed by atoms with E-state index in [0.717, 1.165) is 10.9 Å². The summed E-state index contributed by atoms with van der Waals surface area (Å²) in [4.78, 5) is 3.35. The summed E-state index contributed by atoms with van der Waals surface area (Å²) in [5.41, 5.74) is 1.53. The monoisotopic (exact) mass is 413 g/mol. The van der Waals surface area contributed by atoms with Gasteiger partial charge in [0.15, 0.2) is 4.98 Å². The van der Waals surface area contributed by atoms with Crippen LogP contribution in [0.1, 0.15) is 11.1 Å². The van der Waals surface area contributed by atoms with E-state index in [1.807, 2.05) is 54.6 Å². The van der Waals surface area contributed by atoms with Crippen LogP contribution in [-0.4, -0.2) is 26.4 Å². The molecule has 6 nitrogen and oxygen atoms in total. The van der Waals surface area contributed by atoms with Crippen LogP contribution in [0.25, 0.3) is 38.7 Å². The molecule has 0 unspecified atom stereocenters. The molecular formula is C25H21N2O4+. The van der Waals surface area contributed by atoms with Crippen LogP contribution >= 0.6 is 0 Å². The molecule has 0 amide bonds. The predicted octanol–water partition coefficient (Wildman–Crippen LogP) is 6.38. The lowest BCUT2D eigenvalue weighted by molar-refractivity contribution is 0.403. The number of phenolic OH excluding ortho intramolecular Hbond substituents is 1. The molecule has 0 radical (unpaired) electrons. The smallest absolute Gasteiger partial charge is 0.433 e. The summed E-state index contributed by atoms with van der Waals surface area (Å²) in [7, 11) is 4.68. The molecule has 0 bridgehead atoms. The SMILES string of the molecule is COc1cccc2c(OC)c3c(O)c([N+]#N)c(/C=C/c4ccccc4)cc3c(OC)c12. The van der Waals surface area contributed by atoms with Gasteiger partial charge in [-0.15, -0.1) is 0 Å². The number of ether oxygens (including phenoxy) is 3. The molecule has 4 aromatic carbocycles. The predicted molar refractivity (Wildman–Crippen MR) is 123 cm³/mol. The number of diazo groups is 1. The molecule has 0 aromatic heterocycles. The molecule has 0 saturated carbocycles. The van der Waals surface area contributed by atoms with Crippen LogP contribution in [0.5, 0.6) is 23.0 Å². The second kappa shape index (κ2) is 8.25. The second-order valence-corrected chi connectivity index (χ2v) is 6.88. The minimum Gasteiger partial charge on any atom is -0.501 e. The van der Waals surface area contributed by atoms with Gasteiger partial charge in [-0.3, -0.25) is 0 Å². The van der Waals surface area contributed by atoms with Crippen molar-refractivity contribution in [1.82, 2.24) is 0 Å². The Hall–Kier alpha value is -4.24. The number of phenols is 1. The van der Waals surface area contributed by atoms with Crippen molar-refractivity contribution in [3.63, 3.8) is 0 Å². The second-order valence-electron chi connectivity index (χ2n) is 6.88. The maximum absolute atomic E-state index is 11.1. The van der Waals surface area contributed by atoms with Gasteiger partial charge in [0.25, 0.3) is 0 Å².